The van der Waals surface area contributed by atoms with Crippen LogP contribution in [0.5, 0.6) is 11.5 Å². The van der Waals surface area contributed by atoms with E-state index in [4.69, 9.17) is 21.1 Å². The number of nitrogens with zero attached hydrogens (tertiary/aromatic N) is 1. The van der Waals surface area contributed by atoms with Crippen molar-refractivity contribution < 1.29 is 22.7 Å². The van der Waals surface area contributed by atoms with Crippen molar-refractivity contribution in [3.63, 3.8) is 0 Å². The standard InChI is InChI=1S/C24H23ClN2O5S/c1-17-7-10-20(11-8-17)33(29,30)27-16-23(32-22-12-9-18(25)15-21(22)27)24(28)26-13-14-31-19-5-3-2-4-6-19/h2-12,15,23H,13-14,16H2,1H3,(H,26,28)/t23-/m1/s1. The second-order valence-corrected chi connectivity index (χ2v) is 9.82. The number of sulfonamides is 1. The summed E-state index contributed by atoms with van der Waals surface area (Å²) >= 11 is 6.12. The van der Waals surface area contributed by atoms with Crippen LogP contribution < -0.4 is 19.1 Å². The SMILES string of the molecule is Cc1ccc(S(=O)(=O)N2C[C@H](C(=O)NCCOc3ccccc3)Oc3ccc(Cl)cc32)cc1. The number of amides is 1. The maximum Gasteiger partial charge on any atom is 0.264 e. The topological polar surface area (TPSA) is 84.9 Å². The van der Waals surface area contributed by atoms with Crippen LogP contribution >= 0.6 is 11.6 Å². The van der Waals surface area contributed by atoms with Crippen molar-refractivity contribution >= 4 is 33.2 Å². The quantitative estimate of drug-likeness (QED) is 0.513. The molecule has 0 aliphatic carbocycles. The van der Waals surface area contributed by atoms with E-state index in [-0.39, 0.29) is 30.3 Å². The number of fused-ring (bicyclic) bond motifs is 1. The summed E-state index contributed by atoms with van der Waals surface area (Å²) in [5, 5.41) is 3.11. The fraction of sp³-hybridized carbons (Fsp3) is 0.208. The van der Waals surface area contributed by atoms with Gasteiger partial charge in [-0.25, -0.2) is 8.42 Å². The Kier molecular flexibility index (Phi) is 6.76. The monoisotopic (exact) mass is 486 g/mol. The Labute approximate surface area is 197 Å². The maximum atomic E-state index is 13.4. The predicted molar refractivity (Wildman–Crippen MR) is 127 cm³/mol. The number of anilines is 1. The third-order valence-corrected chi connectivity index (χ3v) is 7.13. The zero-order valence-electron chi connectivity index (χ0n) is 17.9. The molecule has 0 aromatic heterocycles. The summed E-state index contributed by atoms with van der Waals surface area (Å²) in [6.45, 7) is 2.20. The Hall–Kier alpha value is -3.23. The van der Waals surface area contributed by atoms with Crippen molar-refractivity contribution in [2.75, 3.05) is 24.0 Å². The first kappa shape index (κ1) is 22.9. The van der Waals surface area contributed by atoms with Crippen molar-refractivity contribution in [3.05, 3.63) is 83.4 Å². The number of carbonyl (C=O) groups is 1. The van der Waals surface area contributed by atoms with E-state index in [2.05, 4.69) is 5.32 Å². The number of nitrogens with one attached hydrogen (secondary N) is 1. The molecule has 3 aromatic rings. The van der Waals surface area contributed by atoms with E-state index in [1.807, 2.05) is 37.3 Å². The number of halogens is 1. The van der Waals surface area contributed by atoms with Gasteiger partial charge in [-0.15, -0.1) is 0 Å². The molecular weight excluding hydrogens is 464 g/mol. The van der Waals surface area contributed by atoms with Gasteiger partial charge in [-0.2, -0.15) is 0 Å². The smallest absolute Gasteiger partial charge is 0.264 e. The predicted octanol–water partition coefficient (Wildman–Crippen LogP) is 3.80. The molecule has 0 spiro atoms. The summed E-state index contributed by atoms with van der Waals surface area (Å²) in [7, 11) is -3.95. The first-order chi connectivity index (χ1) is 15.8. The number of benzene rings is 3. The Bertz CT molecular complexity index is 1230. The highest BCUT2D eigenvalue weighted by Gasteiger charge is 2.37. The average molecular weight is 487 g/mol. The summed E-state index contributed by atoms with van der Waals surface area (Å²) in [5.74, 6) is 0.528. The van der Waals surface area contributed by atoms with Gasteiger partial charge in [0.25, 0.3) is 15.9 Å². The van der Waals surface area contributed by atoms with Crippen LogP contribution in [0.1, 0.15) is 5.56 Å². The number of aryl methyl sites for hydroxylation is 1. The van der Waals surface area contributed by atoms with E-state index in [1.165, 1.54) is 10.4 Å². The van der Waals surface area contributed by atoms with Gasteiger partial charge in [0.1, 0.15) is 18.1 Å². The highest BCUT2D eigenvalue weighted by Crippen LogP contribution is 2.38. The largest absolute Gasteiger partial charge is 0.492 e. The number of ether oxygens (including phenoxy) is 2. The lowest BCUT2D eigenvalue weighted by Crippen LogP contribution is -2.51. The molecule has 172 valence electrons. The number of carbonyl (C=O) groups excluding carboxylic acids is 1. The Morgan fingerprint density at radius 1 is 1.12 bits per heavy atom. The molecule has 7 nitrogen and oxygen atoms in total. The summed E-state index contributed by atoms with van der Waals surface area (Å²) in [4.78, 5) is 12.9. The summed E-state index contributed by atoms with van der Waals surface area (Å²) < 4.78 is 39.4. The molecule has 4 rings (SSSR count). The van der Waals surface area contributed by atoms with Gasteiger partial charge in [-0.05, 0) is 49.4 Å². The summed E-state index contributed by atoms with van der Waals surface area (Å²) in [6, 6.07) is 20.4. The molecule has 1 N–H and O–H groups in total. The normalized spacial score (nSPS) is 15.3. The fourth-order valence-corrected chi connectivity index (χ4v) is 5.03. The molecule has 0 fully saturated rings. The van der Waals surface area contributed by atoms with Crippen LogP contribution in [-0.4, -0.2) is 40.1 Å². The molecule has 0 unspecified atom stereocenters. The average Bonchev–Trinajstić information content (AvgIpc) is 2.82. The molecule has 33 heavy (non-hydrogen) atoms. The van der Waals surface area contributed by atoms with Crippen molar-refractivity contribution in [3.8, 4) is 11.5 Å². The molecule has 0 bridgehead atoms. The first-order valence-electron chi connectivity index (χ1n) is 10.4. The number of rotatable bonds is 7. The van der Waals surface area contributed by atoms with Crippen LogP contribution in [0.3, 0.4) is 0 Å². The van der Waals surface area contributed by atoms with E-state index in [0.717, 1.165) is 5.56 Å². The molecule has 1 amide bonds. The lowest BCUT2D eigenvalue weighted by molar-refractivity contribution is -0.127. The van der Waals surface area contributed by atoms with Crippen molar-refractivity contribution in [1.82, 2.24) is 5.32 Å². The van der Waals surface area contributed by atoms with Gasteiger partial charge in [0.15, 0.2) is 6.10 Å². The van der Waals surface area contributed by atoms with Crippen LogP contribution in [0.25, 0.3) is 0 Å². The van der Waals surface area contributed by atoms with Crippen LogP contribution in [0, 0.1) is 6.92 Å². The zero-order valence-corrected chi connectivity index (χ0v) is 19.5. The molecule has 0 radical (unpaired) electrons. The Morgan fingerprint density at radius 2 is 1.85 bits per heavy atom. The fourth-order valence-electron chi connectivity index (χ4n) is 3.40. The molecular formula is C24H23ClN2O5S. The highest BCUT2D eigenvalue weighted by molar-refractivity contribution is 7.92. The lowest BCUT2D eigenvalue weighted by atomic mass is 10.2. The van der Waals surface area contributed by atoms with Gasteiger partial charge >= 0.3 is 0 Å². The third-order valence-electron chi connectivity index (χ3n) is 5.11. The van der Waals surface area contributed by atoms with Crippen LogP contribution in [0.2, 0.25) is 5.02 Å². The minimum Gasteiger partial charge on any atom is -0.492 e. The second-order valence-electron chi connectivity index (χ2n) is 7.52. The third kappa shape index (κ3) is 5.23. The molecule has 1 aliphatic rings. The Balaban J connectivity index is 1.51. The molecule has 3 aromatic carbocycles. The van der Waals surface area contributed by atoms with E-state index in [9.17, 15) is 13.2 Å². The van der Waals surface area contributed by atoms with Crippen LogP contribution in [0.4, 0.5) is 5.69 Å². The molecule has 1 heterocycles. The second kappa shape index (κ2) is 9.72. The van der Waals surface area contributed by atoms with Crippen LogP contribution in [-0.2, 0) is 14.8 Å². The van der Waals surface area contributed by atoms with E-state index in [1.54, 1.807) is 36.4 Å². The molecule has 9 heteroatoms. The van der Waals surface area contributed by atoms with Crippen molar-refractivity contribution in [1.29, 1.82) is 0 Å². The van der Waals surface area contributed by atoms with Crippen molar-refractivity contribution in [2.24, 2.45) is 0 Å². The van der Waals surface area contributed by atoms with E-state index in [0.29, 0.717) is 16.5 Å². The Morgan fingerprint density at radius 3 is 2.58 bits per heavy atom. The lowest BCUT2D eigenvalue weighted by Gasteiger charge is -2.34. The van der Waals surface area contributed by atoms with Gasteiger partial charge < -0.3 is 14.8 Å². The molecule has 1 atom stereocenters. The van der Waals surface area contributed by atoms with Gasteiger partial charge in [0, 0.05) is 5.02 Å². The van der Waals surface area contributed by atoms with Crippen molar-refractivity contribution in [2.45, 2.75) is 17.9 Å². The van der Waals surface area contributed by atoms with Crippen LogP contribution in [0.15, 0.2) is 77.7 Å². The minimum absolute atomic E-state index is 0.122. The van der Waals surface area contributed by atoms with Gasteiger partial charge in [0.05, 0.1) is 23.7 Å². The van der Waals surface area contributed by atoms with Gasteiger partial charge in [0.2, 0.25) is 0 Å². The van der Waals surface area contributed by atoms with Gasteiger partial charge in [-0.3, -0.25) is 9.10 Å². The van der Waals surface area contributed by atoms with Gasteiger partial charge in [-0.1, -0.05) is 47.5 Å². The number of para-hydroxylation sites is 1. The maximum absolute atomic E-state index is 13.4. The first-order valence-corrected chi connectivity index (χ1v) is 12.2. The number of hydrogen-bond acceptors (Lipinski definition) is 5. The van der Waals surface area contributed by atoms with E-state index >= 15 is 0 Å². The zero-order chi connectivity index (χ0) is 23.4. The summed E-state index contributed by atoms with van der Waals surface area (Å²) in [6.07, 6.45) is -1.03. The highest BCUT2D eigenvalue weighted by atomic mass is 35.5. The molecule has 0 saturated heterocycles. The number of hydrogen-bond donors (Lipinski definition) is 1. The minimum atomic E-state index is -3.95. The summed E-state index contributed by atoms with van der Waals surface area (Å²) in [5.41, 5.74) is 1.23. The van der Waals surface area contributed by atoms with E-state index < -0.39 is 22.0 Å². The molecule has 1 aliphatic heterocycles. The molecule has 0 saturated carbocycles.